The Kier molecular flexibility index (Phi) is 3.97. The predicted octanol–water partition coefficient (Wildman–Crippen LogP) is 2.29. The Balaban J connectivity index is 2.21. The summed E-state index contributed by atoms with van der Waals surface area (Å²) in [6.07, 6.45) is -4.46. The van der Waals surface area contributed by atoms with E-state index in [2.05, 4.69) is 0 Å². The smallest absolute Gasteiger partial charge is 0.391 e. The second-order valence-electron chi connectivity index (χ2n) is 5.06. The van der Waals surface area contributed by atoms with Crippen molar-refractivity contribution in [2.75, 3.05) is 23.7 Å². The van der Waals surface area contributed by atoms with Gasteiger partial charge in [-0.05, 0) is 25.0 Å². The van der Waals surface area contributed by atoms with E-state index < -0.39 is 23.8 Å². The minimum Gasteiger partial charge on any atom is -0.398 e. The third-order valence-electron chi connectivity index (χ3n) is 3.68. The molecule has 2 rings (SSSR count). The van der Waals surface area contributed by atoms with Crippen molar-refractivity contribution in [2.24, 2.45) is 11.7 Å². The molecule has 1 saturated heterocycles. The zero-order chi connectivity index (χ0) is 15.8. The van der Waals surface area contributed by atoms with Crippen LogP contribution in [0.5, 0.6) is 0 Å². The molecule has 1 aliphatic rings. The number of hydrogen-bond donors (Lipinski definition) is 2. The van der Waals surface area contributed by atoms with Crippen molar-refractivity contribution >= 4 is 17.3 Å². The minimum absolute atomic E-state index is 0.0376. The van der Waals surface area contributed by atoms with E-state index in [1.54, 1.807) is 0 Å². The molecular formula is C13H15F4N3O. The Hall–Kier alpha value is -1.99. The summed E-state index contributed by atoms with van der Waals surface area (Å²) >= 11 is 0. The van der Waals surface area contributed by atoms with Gasteiger partial charge in [-0.3, -0.25) is 4.79 Å². The van der Waals surface area contributed by atoms with E-state index in [1.165, 1.54) is 11.0 Å². The number of anilines is 2. The maximum atomic E-state index is 13.9. The number of carbonyl (C=O) groups excluding carboxylic acids is 1. The molecule has 0 bridgehead atoms. The number of benzene rings is 1. The van der Waals surface area contributed by atoms with Crippen LogP contribution in [0.4, 0.5) is 28.9 Å². The number of piperidine rings is 1. The molecule has 1 aromatic rings. The topological polar surface area (TPSA) is 72.4 Å². The largest absolute Gasteiger partial charge is 0.398 e. The van der Waals surface area contributed by atoms with Gasteiger partial charge in [0.05, 0.1) is 17.2 Å². The molecule has 0 aliphatic carbocycles. The normalized spacial score (nSPS) is 17.0. The Morgan fingerprint density at radius 3 is 2.29 bits per heavy atom. The van der Waals surface area contributed by atoms with Gasteiger partial charge in [-0.2, -0.15) is 13.2 Å². The molecule has 0 unspecified atom stereocenters. The summed E-state index contributed by atoms with van der Waals surface area (Å²) in [4.78, 5) is 12.7. The molecule has 0 spiro atoms. The van der Waals surface area contributed by atoms with Crippen LogP contribution in [0.1, 0.15) is 23.2 Å². The first kappa shape index (κ1) is 15.4. The molecule has 8 heteroatoms. The molecular weight excluding hydrogens is 290 g/mol. The van der Waals surface area contributed by atoms with Gasteiger partial charge in [0, 0.05) is 18.8 Å². The van der Waals surface area contributed by atoms with Crippen LogP contribution < -0.4 is 16.4 Å². The van der Waals surface area contributed by atoms with E-state index in [9.17, 15) is 22.4 Å². The minimum atomic E-state index is -4.23. The zero-order valence-electron chi connectivity index (χ0n) is 11.1. The Labute approximate surface area is 118 Å². The number of amides is 1. The van der Waals surface area contributed by atoms with Crippen molar-refractivity contribution in [3.05, 3.63) is 23.5 Å². The highest BCUT2D eigenvalue weighted by Gasteiger charge is 2.41. The van der Waals surface area contributed by atoms with Crippen molar-refractivity contribution < 1.29 is 22.4 Å². The summed E-state index contributed by atoms with van der Waals surface area (Å²) in [5.74, 6) is -2.86. The van der Waals surface area contributed by atoms with E-state index in [4.69, 9.17) is 11.5 Å². The van der Waals surface area contributed by atoms with Crippen molar-refractivity contribution in [1.29, 1.82) is 0 Å². The molecule has 0 aromatic heterocycles. The van der Waals surface area contributed by atoms with E-state index >= 15 is 0 Å². The highest BCUT2D eigenvalue weighted by Crippen LogP contribution is 2.36. The van der Waals surface area contributed by atoms with Gasteiger partial charge in [-0.1, -0.05) is 0 Å². The fraction of sp³-hybridized carbons (Fsp3) is 0.462. The number of nitrogens with zero attached hydrogens (tertiary/aromatic N) is 1. The van der Waals surface area contributed by atoms with E-state index in [0.29, 0.717) is 0 Å². The van der Waals surface area contributed by atoms with Crippen molar-refractivity contribution in [2.45, 2.75) is 19.0 Å². The fourth-order valence-corrected chi connectivity index (χ4v) is 2.48. The highest BCUT2D eigenvalue weighted by molar-refractivity contribution is 5.99. The summed E-state index contributed by atoms with van der Waals surface area (Å²) < 4.78 is 51.7. The van der Waals surface area contributed by atoms with Crippen LogP contribution in [0.15, 0.2) is 12.1 Å². The molecule has 1 aliphatic heterocycles. The third kappa shape index (κ3) is 3.20. The average Bonchev–Trinajstić information content (AvgIpc) is 2.37. The third-order valence-corrected chi connectivity index (χ3v) is 3.68. The molecule has 4 N–H and O–H groups in total. The van der Waals surface area contributed by atoms with E-state index in [-0.39, 0.29) is 42.9 Å². The van der Waals surface area contributed by atoms with Crippen molar-refractivity contribution in [3.63, 3.8) is 0 Å². The van der Waals surface area contributed by atoms with Crippen LogP contribution in [-0.2, 0) is 0 Å². The maximum absolute atomic E-state index is 13.9. The van der Waals surface area contributed by atoms with Gasteiger partial charge in [0.25, 0.3) is 5.91 Å². The summed E-state index contributed by atoms with van der Waals surface area (Å²) in [5.41, 5.74) is 10.6. The zero-order valence-corrected chi connectivity index (χ0v) is 11.1. The molecule has 21 heavy (non-hydrogen) atoms. The summed E-state index contributed by atoms with van der Waals surface area (Å²) in [7, 11) is 0. The van der Waals surface area contributed by atoms with Crippen LogP contribution in [0.25, 0.3) is 0 Å². The van der Waals surface area contributed by atoms with Gasteiger partial charge < -0.3 is 16.4 Å². The summed E-state index contributed by atoms with van der Waals surface area (Å²) in [6.45, 7) is 0.117. The Morgan fingerprint density at radius 2 is 1.81 bits per heavy atom. The van der Waals surface area contributed by atoms with Gasteiger partial charge in [-0.25, -0.2) is 4.39 Å². The lowest BCUT2D eigenvalue weighted by Gasteiger charge is -2.34. The number of alkyl halides is 3. The van der Waals surface area contributed by atoms with Crippen molar-refractivity contribution in [1.82, 2.24) is 0 Å². The first-order chi connectivity index (χ1) is 9.70. The molecule has 0 atom stereocenters. The van der Waals surface area contributed by atoms with Crippen LogP contribution in [0, 0.1) is 11.7 Å². The van der Waals surface area contributed by atoms with Gasteiger partial charge in [0.15, 0.2) is 0 Å². The molecule has 0 radical (unpaired) electrons. The Bertz CT molecular complexity index is 551. The second-order valence-corrected chi connectivity index (χ2v) is 5.06. The average molecular weight is 305 g/mol. The van der Waals surface area contributed by atoms with Crippen LogP contribution in [-0.4, -0.2) is 25.2 Å². The lowest BCUT2D eigenvalue weighted by Crippen LogP contribution is -2.39. The quantitative estimate of drug-likeness (QED) is 0.650. The molecule has 4 nitrogen and oxygen atoms in total. The number of nitrogens with two attached hydrogens (primary N) is 2. The molecule has 0 saturated carbocycles. The first-order valence-corrected chi connectivity index (χ1v) is 6.40. The summed E-state index contributed by atoms with van der Waals surface area (Å²) in [6, 6.07) is 2.16. The predicted molar refractivity (Wildman–Crippen MR) is 70.3 cm³/mol. The van der Waals surface area contributed by atoms with Gasteiger partial charge >= 0.3 is 6.18 Å². The van der Waals surface area contributed by atoms with Gasteiger partial charge in [0.1, 0.15) is 5.82 Å². The molecule has 1 amide bonds. The molecule has 1 aromatic carbocycles. The number of nitrogen functional groups attached to an aromatic ring is 1. The molecule has 1 fully saturated rings. The number of primary amides is 1. The molecule has 1 heterocycles. The van der Waals surface area contributed by atoms with Gasteiger partial charge in [-0.15, -0.1) is 0 Å². The lowest BCUT2D eigenvalue weighted by molar-refractivity contribution is -0.179. The van der Waals surface area contributed by atoms with Crippen LogP contribution >= 0.6 is 0 Å². The number of hydrogen-bond acceptors (Lipinski definition) is 3. The Morgan fingerprint density at radius 1 is 1.24 bits per heavy atom. The van der Waals surface area contributed by atoms with Crippen LogP contribution in [0.3, 0.4) is 0 Å². The van der Waals surface area contributed by atoms with Gasteiger partial charge in [0.2, 0.25) is 0 Å². The summed E-state index contributed by atoms with van der Waals surface area (Å²) in [5, 5.41) is 0. The SMILES string of the molecule is NC(=O)c1cc(N2CCC(C(F)(F)F)CC2)c(F)cc1N. The van der Waals surface area contributed by atoms with E-state index in [1.807, 2.05) is 0 Å². The first-order valence-electron chi connectivity index (χ1n) is 6.40. The number of carbonyl (C=O) groups is 1. The van der Waals surface area contributed by atoms with Crippen LogP contribution in [0.2, 0.25) is 0 Å². The lowest BCUT2D eigenvalue weighted by atomic mass is 9.95. The maximum Gasteiger partial charge on any atom is 0.391 e. The van der Waals surface area contributed by atoms with E-state index in [0.717, 1.165) is 6.07 Å². The highest BCUT2D eigenvalue weighted by atomic mass is 19.4. The van der Waals surface area contributed by atoms with Crippen molar-refractivity contribution in [3.8, 4) is 0 Å². The fourth-order valence-electron chi connectivity index (χ4n) is 2.48. The number of halogens is 4. The molecule has 116 valence electrons. The standard InChI is InChI=1S/C13H15F4N3O/c14-9-6-10(18)8(12(19)21)5-11(9)20-3-1-7(2-4-20)13(15,16)17/h5-7H,1-4,18H2,(H2,19,21). The second kappa shape index (κ2) is 5.42. The monoisotopic (exact) mass is 305 g/mol. The number of rotatable bonds is 2.